The van der Waals surface area contributed by atoms with Gasteiger partial charge in [-0.15, -0.1) is 0 Å². The van der Waals surface area contributed by atoms with Gasteiger partial charge >= 0.3 is 0 Å². The summed E-state index contributed by atoms with van der Waals surface area (Å²) in [5.74, 6) is 1.71. The van der Waals surface area contributed by atoms with Gasteiger partial charge in [-0.25, -0.2) is 0 Å². The average molecular weight is 317 g/mol. The first kappa shape index (κ1) is 14.8. The van der Waals surface area contributed by atoms with Crippen molar-refractivity contribution >= 4 is 5.91 Å². The molecule has 1 aromatic rings. The first-order valence-corrected chi connectivity index (χ1v) is 8.52. The summed E-state index contributed by atoms with van der Waals surface area (Å²) in [6.45, 7) is 3.13. The second kappa shape index (κ2) is 5.71. The molecule has 4 rings (SSSR count). The van der Waals surface area contributed by atoms with E-state index in [-0.39, 0.29) is 30.0 Å². The van der Waals surface area contributed by atoms with Gasteiger partial charge in [0.2, 0.25) is 6.10 Å². The number of aliphatic hydroxyl groups is 1. The van der Waals surface area contributed by atoms with Gasteiger partial charge < -0.3 is 19.5 Å². The van der Waals surface area contributed by atoms with Crippen LogP contribution in [0.5, 0.6) is 11.5 Å². The van der Waals surface area contributed by atoms with Gasteiger partial charge in [0, 0.05) is 24.9 Å². The number of likely N-dealkylation sites (tertiary alicyclic amines) is 1. The topological polar surface area (TPSA) is 59.0 Å². The van der Waals surface area contributed by atoms with Crippen LogP contribution in [0.3, 0.4) is 0 Å². The molecular weight excluding hydrogens is 294 g/mol. The molecule has 23 heavy (non-hydrogen) atoms. The number of carbonyl (C=O) groups is 1. The van der Waals surface area contributed by atoms with Crippen molar-refractivity contribution in [3.05, 3.63) is 24.3 Å². The third-order valence-electron chi connectivity index (χ3n) is 5.42. The maximum absolute atomic E-state index is 13.0. The van der Waals surface area contributed by atoms with Crippen LogP contribution in [0.15, 0.2) is 24.3 Å². The highest BCUT2D eigenvalue weighted by Gasteiger charge is 2.44. The molecule has 1 N–H and O–H groups in total. The molecule has 2 bridgehead atoms. The molecule has 0 aromatic heterocycles. The smallest absolute Gasteiger partial charge is 0.267 e. The molecule has 1 unspecified atom stereocenters. The van der Waals surface area contributed by atoms with Gasteiger partial charge in [-0.05, 0) is 31.9 Å². The van der Waals surface area contributed by atoms with Crippen LogP contribution >= 0.6 is 0 Å². The SMILES string of the molecule is C[C@@H]1Oc2ccccc2O[C@H]1C(=O)N1C[C@H]2CCC[C@@H](C1)C2O. The number of carbonyl (C=O) groups excluding carboxylic acids is 1. The number of amides is 1. The zero-order chi connectivity index (χ0) is 16.0. The van der Waals surface area contributed by atoms with Gasteiger partial charge in [0.25, 0.3) is 5.91 Å². The second-order valence-corrected chi connectivity index (χ2v) is 6.99. The van der Waals surface area contributed by atoms with Gasteiger partial charge in [0.05, 0.1) is 6.10 Å². The molecule has 1 saturated carbocycles. The lowest BCUT2D eigenvalue weighted by Crippen LogP contribution is -2.58. The van der Waals surface area contributed by atoms with Crippen molar-refractivity contribution in [1.82, 2.24) is 4.90 Å². The van der Waals surface area contributed by atoms with Crippen LogP contribution < -0.4 is 9.47 Å². The minimum atomic E-state index is -0.610. The Morgan fingerprint density at radius 1 is 1.13 bits per heavy atom. The number of aliphatic hydroxyl groups excluding tert-OH is 1. The van der Waals surface area contributed by atoms with E-state index in [0.717, 1.165) is 19.3 Å². The lowest BCUT2D eigenvalue weighted by molar-refractivity contribution is -0.152. The number of fused-ring (bicyclic) bond motifs is 3. The molecule has 1 aliphatic carbocycles. The summed E-state index contributed by atoms with van der Waals surface area (Å²) in [7, 11) is 0. The molecule has 1 saturated heterocycles. The fraction of sp³-hybridized carbons (Fsp3) is 0.611. The summed E-state index contributed by atoms with van der Waals surface area (Å²) in [4.78, 5) is 14.8. The Labute approximate surface area is 136 Å². The van der Waals surface area contributed by atoms with E-state index in [9.17, 15) is 9.90 Å². The molecular formula is C18H23NO4. The first-order valence-electron chi connectivity index (χ1n) is 8.52. The Hall–Kier alpha value is -1.75. The van der Waals surface area contributed by atoms with Crippen LogP contribution in [-0.2, 0) is 4.79 Å². The highest BCUT2D eigenvalue weighted by Crippen LogP contribution is 2.37. The van der Waals surface area contributed by atoms with E-state index in [2.05, 4.69) is 0 Å². The third-order valence-corrected chi connectivity index (χ3v) is 5.42. The monoisotopic (exact) mass is 317 g/mol. The van der Waals surface area contributed by atoms with E-state index in [1.54, 1.807) is 0 Å². The molecule has 1 amide bonds. The highest BCUT2D eigenvalue weighted by molar-refractivity contribution is 5.82. The average Bonchev–Trinajstić information content (AvgIpc) is 2.53. The molecule has 5 nitrogen and oxygen atoms in total. The number of hydrogen-bond donors (Lipinski definition) is 1. The minimum absolute atomic E-state index is 0.0178. The molecule has 2 fully saturated rings. The van der Waals surface area contributed by atoms with Crippen molar-refractivity contribution < 1.29 is 19.4 Å². The predicted octanol–water partition coefficient (Wildman–Crippen LogP) is 1.83. The maximum Gasteiger partial charge on any atom is 0.267 e. The number of hydrogen-bond acceptors (Lipinski definition) is 4. The van der Waals surface area contributed by atoms with Gasteiger partial charge in [-0.2, -0.15) is 0 Å². The maximum atomic E-state index is 13.0. The molecule has 1 aromatic carbocycles. The molecule has 5 heteroatoms. The van der Waals surface area contributed by atoms with Crippen LogP contribution in [0.4, 0.5) is 0 Å². The number of rotatable bonds is 1. The van der Waals surface area contributed by atoms with E-state index in [1.165, 1.54) is 0 Å². The number of ether oxygens (including phenoxy) is 2. The quantitative estimate of drug-likeness (QED) is 0.858. The Bertz CT molecular complexity index is 590. The number of piperidine rings is 1. The molecule has 2 aliphatic heterocycles. The lowest BCUT2D eigenvalue weighted by atomic mass is 9.75. The molecule has 5 atom stereocenters. The molecule has 0 radical (unpaired) electrons. The third kappa shape index (κ3) is 2.57. The fourth-order valence-corrected chi connectivity index (χ4v) is 4.16. The normalized spacial score (nSPS) is 35.7. The Balaban J connectivity index is 1.51. The predicted molar refractivity (Wildman–Crippen MR) is 84.4 cm³/mol. The molecule has 124 valence electrons. The number of nitrogens with zero attached hydrogens (tertiary/aromatic N) is 1. The molecule has 2 heterocycles. The summed E-state index contributed by atoms with van der Waals surface area (Å²) in [5.41, 5.74) is 0. The van der Waals surface area contributed by atoms with Crippen LogP contribution in [0.2, 0.25) is 0 Å². The van der Waals surface area contributed by atoms with Crippen molar-refractivity contribution in [3.8, 4) is 11.5 Å². The zero-order valence-corrected chi connectivity index (χ0v) is 13.4. The van der Waals surface area contributed by atoms with Crippen molar-refractivity contribution in [2.24, 2.45) is 11.8 Å². The summed E-state index contributed by atoms with van der Waals surface area (Å²) < 4.78 is 11.8. The minimum Gasteiger partial charge on any atom is -0.482 e. The summed E-state index contributed by atoms with van der Waals surface area (Å²) in [6, 6.07) is 7.45. The largest absolute Gasteiger partial charge is 0.482 e. The zero-order valence-electron chi connectivity index (χ0n) is 13.4. The van der Waals surface area contributed by atoms with Crippen LogP contribution in [0.25, 0.3) is 0 Å². The first-order chi connectivity index (χ1) is 11.1. The molecule has 0 spiro atoms. The standard InChI is InChI=1S/C18H23NO4/c1-11-17(23-15-8-3-2-7-14(15)22-11)18(21)19-9-12-5-4-6-13(10-19)16(12)20/h2-3,7-8,11-13,16-17,20H,4-6,9-10H2,1H3/t11-,12-,13+,16?,17+/m0/s1. The second-order valence-electron chi connectivity index (χ2n) is 6.99. The van der Waals surface area contributed by atoms with Gasteiger partial charge in [0.15, 0.2) is 11.5 Å². The van der Waals surface area contributed by atoms with Crippen molar-refractivity contribution in [1.29, 1.82) is 0 Å². The number of para-hydroxylation sites is 2. The molecule has 3 aliphatic rings. The van der Waals surface area contributed by atoms with Gasteiger partial charge in [-0.3, -0.25) is 4.79 Å². The van der Waals surface area contributed by atoms with E-state index in [1.807, 2.05) is 36.1 Å². The summed E-state index contributed by atoms with van der Waals surface area (Å²) in [5, 5.41) is 10.3. The Kier molecular flexibility index (Phi) is 3.68. The van der Waals surface area contributed by atoms with Gasteiger partial charge in [0.1, 0.15) is 6.10 Å². The van der Waals surface area contributed by atoms with Gasteiger partial charge in [-0.1, -0.05) is 18.6 Å². The van der Waals surface area contributed by atoms with Crippen molar-refractivity contribution in [3.63, 3.8) is 0 Å². The summed E-state index contributed by atoms with van der Waals surface area (Å²) in [6.07, 6.45) is 1.98. The van der Waals surface area contributed by atoms with E-state index < -0.39 is 6.10 Å². The summed E-state index contributed by atoms with van der Waals surface area (Å²) >= 11 is 0. The van der Waals surface area contributed by atoms with E-state index >= 15 is 0 Å². The highest BCUT2D eigenvalue weighted by atomic mass is 16.6. The van der Waals surface area contributed by atoms with E-state index in [4.69, 9.17) is 9.47 Å². The van der Waals surface area contributed by atoms with E-state index in [0.29, 0.717) is 24.6 Å². The fourth-order valence-electron chi connectivity index (χ4n) is 4.16. The number of benzene rings is 1. The Morgan fingerprint density at radius 3 is 2.39 bits per heavy atom. The van der Waals surface area contributed by atoms with Crippen LogP contribution in [-0.4, -0.2) is 47.3 Å². The van der Waals surface area contributed by atoms with Crippen LogP contribution in [0.1, 0.15) is 26.2 Å². The Morgan fingerprint density at radius 2 is 1.74 bits per heavy atom. The van der Waals surface area contributed by atoms with Crippen molar-refractivity contribution in [2.75, 3.05) is 13.1 Å². The van der Waals surface area contributed by atoms with Crippen LogP contribution in [0, 0.1) is 11.8 Å². The lowest BCUT2D eigenvalue weighted by Gasteiger charge is -2.46. The van der Waals surface area contributed by atoms with Crippen molar-refractivity contribution in [2.45, 2.75) is 44.5 Å².